The van der Waals surface area contributed by atoms with Crippen molar-refractivity contribution in [2.45, 2.75) is 12.3 Å². The number of amides is 1. The van der Waals surface area contributed by atoms with Gasteiger partial charge in [0.2, 0.25) is 5.91 Å². The van der Waals surface area contributed by atoms with Crippen LogP contribution in [0.1, 0.15) is 17.9 Å². The average molecular weight is 295 g/mol. The molecule has 1 unspecified atom stereocenters. The summed E-state index contributed by atoms with van der Waals surface area (Å²) in [5, 5.41) is 1.54. The number of rotatable bonds is 3. The van der Waals surface area contributed by atoms with E-state index in [4.69, 9.17) is 11.6 Å². The normalized spacial score (nSPS) is 12.3. The van der Waals surface area contributed by atoms with Crippen LogP contribution in [0, 0.1) is 5.82 Å². The van der Waals surface area contributed by atoms with Gasteiger partial charge in [-0.15, -0.1) is 11.6 Å². The molecule has 0 saturated heterocycles. The molecule has 0 heterocycles. The summed E-state index contributed by atoms with van der Waals surface area (Å²) in [6.07, 6.45) is 0. The number of alkyl halides is 1. The molecule has 1 rings (SSSR count). The maximum absolute atomic E-state index is 13.3. The van der Waals surface area contributed by atoms with Crippen LogP contribution in [0.2, 0.25) is 0 Å². The summed E-state index contributed by atoms with van der Waals surface area (Å²) in [6, 6.07) is 4.33. The number of carbonyl (C=O) groups excluding carboxylic acids is 1. The van der Waals surface area contributed by atoms with Crippen molar-refractivity contribution in [2.75, 3.05) is 6.54 Å². The van der Waals surface area contributed by atoms with E-state index in [0.717, 1.165) is 0 Å². The van der Waals surface area contributed by atoms with Crippen LogP contribution in [0.25, 0.3) is 0 Å². The number of hydrogen-bond donors (Lipinski definition) is 1. The maximum atomic E-state index is 13.3. The second-order valence-electron chi connectivity index (χ2n) is 2.92. The highest BCUT2D eigenvalue weighted by Gasteiger charge is 2.20. The van der Waals surface area contributed by atoms with Crippen molar-refractivity contribution in [2.24, 2.45) is 0 Å². The highest BCUT2D eigenvalue weighted by atomic mass is 79.9. The molecule has 0 spiro atoms. The zero-order chi connectivity index (χ0) is 11.4. The molecule has 0 aliphatic rings. The van der Waals surface area contributed by atoms with E-state index in [9.17, 15) is 9.18 Å². The zero-order valence-corrected chi connectivity index (χ0v) is 10.4. The largest absolute Gasteiger partial charge is 0.355 e. The molecule has 0 aliphatic heterocycles. The van der Waals surface area contributed by atoms with Crippen molar-refractivity contribution in [3.63, 3.8) is 0 Å². The van der Waals surface area contributed by atoms with E-state index in [0.29, 0.717) is 11.0 Å². The van der Waals surface area contributed by atoms with Gasteiger partial charge in [-0.05, 0) is 25.1 Å². The molecule has 0 radical (unpaired) electrons. The van der Waals surface area contributed by atoms with Gasteiger partial charge < -0.3 is 5.32 Å². The minimum atomic E-state index is -0.998. The quantitative estimate of drug-likeness (QED) is 0.853. The zero-order valence-electron chi connectivity index (χ0n) is 8.06. The van der Waals surface area contributed by atoms with Gasteiger partial charge in [-0.25, -0.2) is 4.39 Å². The second-order valence-corrected chi connectivity index (χ2v) is 4.28. The fourth-order valence-electron chi connectivity index (χ4n) is 1.11. The smallest absolute Gasteiger partial charge is 0.242 e. The fraction of sp³-hybridized carbons (Fsp3) is 0.300. The lowest BCUT2D eigenvalue weighted by atomic mass is 10.1. The van der Waals surface area contributed by atoms with E-state index in [-0.39, 0.29) is 5.56 Å². The Morgan fingerprint density at radius 2 is 2.33 bits per heavy atom. The number of likely N-dealkylation sites (N-methyl/N-ethyl adjacent to an activating group) is 1. The molecule has 2 nitrogen and oxygen atoms in total. The Kier molecular flexibility index (Phi) is 4.54. The lowest BCUT2D eigenvalue weighted by molar-refractivity contribution is -0.120. The third-order valence-corrected chi connectivity index (χ3v) is 2.74. The monoisotopic (exact) mass is 293 g/mol. The molecule has 0 aliphatic carbocycles. The predicted molar refractivity (Wildman–Crippen MR) is 61.4 cm³/mol. The summed E-state index contributed by atoms with van der Waals surface area (Å²) >= 11 is 9.04. The molecule has 15 heavy (non-hydrogen) atoms. The van der Waals surface area contributed by atoms with Crippen molar-refractivity contribution >= 4 is 33.4 Å². The van der Waals surface area contributed by atoms with E-state index in [1.807, 2.05) is 0 Å². The molecule has 0 aromatic heterocycles. The molecule has 1 aromatic rings. The number of nitrogens with one attached hydrogen (secondary N) is 1. The Morgan fingerprint density at radius 1 is 1.67 bits per heavy atom. The highest BCUT2D eigenvalue weighted by molar-refractivity contribution is 9.10. The molecule has 1 N–H and O–H groups in total. The summed E-state index contributed by atoms with van der Waals surface area (Å²) in [7, 11) is 0. The first-order valence-electron chi connectivity index (χ1n) is 4.43. The molecule has 82 valence electrons. The van der Waals surface area contributed by atoms with Crippen LogP contribution in [0.3, 0.4) is 0 Å². The minimum Gasteiger partial charge on any atom is -0.355 e. The van der Waals surface area contributed by atoms with E-state index in [1.54, 1.807) is 13.0 Å². The van der Waals surface area contributed by atoms with E-state index in [2.05, 4.69) is 21.2 Å². The highest BCUT2D eigenvalue weighted by Crippen LogP contribution is 2.26. The van der Waals surface area contributed by atoms with Crippen molar-refractivity contribution in [3.05, 3.63) is 34.1 Å². The van der Waals surface area contributed by atoms with Gasteiger partial charge in [0.1, 0.15) is 11.2 Å². The van der Waals surface area contributed by atoms with Crippen LogP contribution in [0.5, 0.6) is 0 Å². The Hall–Kier alpha value is -0.610. The van der Waals surface area contributed by atoms with Gasteiger partial charge in [0.15, 0.2) is 0 Å². The Labute approximate surface area is 101 Å². The molecule has 0 saturated carbocycles. The van der Waals surface area contributed by atoms with Gasteiger partial charge >= 0.3 is 0 Å². The first-order chi connectivity index (χ1) is 7.06. The van der Waals surface area contributed by atoms with Gasteiger partial charge in [-0.1, -0.05) is 15.9 Å². The molecule has 5 heteroatoms. The van der Waals surface area contributed by atoms with Crippen LogP contribution < -0.4 is 5.32 Å². The van der Waals surface area contributed by atoms with Crippen LogP contribution in [-0.2, 0) is 4.79 Å². The first-order valence-corrected chi connectivity index (χ1v) is 5.66. The van der Waals surface area contributed by atoms with Gasteiger partial charge in [-0.3, -0.25) is 4.79 Å². The summed E-state index contributed by atoms with van der Waals surface area (Å²) in [4.78, 5) is 11.4. The third kappa shape index (κ3) is 3.18. The van der Waals surface area contributed by atoms with Gasteiger partial charge in [0.05, 0.1) is 0 Å². The van der Waals surface area contributed by atoms with Gasteiger partial charge in [0, 0.05) is 16.6 Å². The Balaban J connectivity index is 2.94. The molecular weight excluding hydrogens is 284 g/mol. The van der Waals surface area contributed by atoms with Gasteiger partial charge in [0.25, 0.3) is 0 Å². The van der Waals surface area contributed by atoms with Crippen molar-refractivity contribution in [1.82, 2.24) is 5.32 Å². The summed E-state index contributed by atoms with van der Waals surface area (Å²) < 4.78 is 14.0. The van der Waals surface area contributed by atoms with Crippen LogP contribution in [-0.4, -0.2) is 12.5 Å². The summed E-state index contributed by atoms with van der Waals surface area (Å²) in [6.45, 7) is 2.25. The molecule has 0 bridgehead atoms. The first kappa shape index (κ1) is 12.5. The third-order valence-electron chi connectivity index (χ3n) is 1.81. The summed E-state index contributed by atoms with van der Waals surface area (Å²) in [5.41, 5.74) is 0.178. The van der Waals surface area contributed by atoms with Crippen molar-refractivity contribution < 1.29 is 9.18 Å². The van der Waals surface area contributed by atoms with Gasteiger partial charge in [-0.2, -0.15) is 0 Å². The molecule has 0 fully saturated rings. The fourth-order valence-corrected chi connectivity index (χ4v) is 1.74. The Bertz CT molecular complexity index is 372. The topological polar surface area (TPSA) is 29.1 Å². The number of hydrogen-bond acceptors (Lipinski definition) is 1. The lowest BCUT2D eigenvalue weighted by Gasteiger charge is -2.10. The van der Waals surface area contributed by atoms with Crippen molar-refractivity contribution in [3.8, 4) is 0 Å². The summed E-state index contributed by atoms with van der Waals surface area (Å²) in [5.74, 6) is -0.874. The molecule has 1 aromatic carbocycles. The predicted octanol–water partition coefficient (Wildman–Crippen LogP) is 3.00. The minimum absolute atomic E-state index is 0.178. The number of benzene rings is 1. The van der Waals surface area contributed by atoms with E-state index in [1.165, 1.54) is 12.1 Å². The lowest BCUT2D eigenvalue weighted by Crippen LogP contribution is -2.26. The van der Waals surface area contributed by atoms with Crippen LogP contribution in [0.4, 0.5) is 4.39 Å². The molecule has 1 atom stereocenters. The second kappa shape index (κ2) is 5.47. The van der Waals surface area contributed by atoms with Crippen LogP contribution >= 0.6 is 27.5 Å². The van der Waals surface area contributed by atoms with E-state index >= 15 is 0 Å². The van der Waals surface area contributed by atoms with Crippen molar-refractivity contribution in [1.29, 1.82) is 0 Å². The molecule has 1 amide bonds. The Morgan fingerprint density at radius 3 is 2.93 bits per heavy atom. The van der Waals surface area contributed by atoms with Crippen LogP contribution in [0.15, 0.2) is 22.7 Å². The van der Waals surface area contributed by atoms with E-state index < -0.39 is 17.1 Å². The average Bonchev–Trinajstić information content (AvgIpc) is 2.21. The number of carbonyl (C=O) groups is 1. The maximum Gasteiger partial charge on any atom is 0.242 e. The standard InChI is InChI=1S/C10H10BrClFNO/c1-2-14-10(15)9(12)7-5-6(11)3-4-8(7)13/h3-5,9H,2H2,1H3,(H,14,15). The molecular formula is C10H10BrClFNO. The number of halogens is 3. The SMILES string of the molecule is CCNC(=O)C(Cl)c1cc(Br)ccc1F.